The van der Waals surface area contributed by atoms with Gasteiger partial charge >= 0.3 is 0 Å². The predicted octanol–water partition coefficient (Wildman–Crippen LogP) is 3.60. The average Bonchev–Trinajstić information content (AvgIpc) is 2.68. The van der Waals surface area contributed by atoms with Crippen LogP contribution in [0.25, 0.3) is 0 Å². The third kappa shape index (κ3) is 4.27. The quantitative estimate of drug-likeness (QED) is 0.916. The predicted molar refractivity (Wildman–Crippen MR) is 81.3 cm³/mol. The molecule has 1 aromatic rings. The van der Waals surface area contributed by atoms with E-state index in [1.165, 1.54) is 4.88 Å². The van der Waals surface area contributed by atoms with E-state index in [-0.39, 0.29) is 24.8 Å². The number of hydrogen-bond acceptors (Lipinski definition) is 3. The van der Waals surface area contributed by atoms with Gasteiger partial charge in [0.2, 0.25) is 0 Å². The highest BCUT2D eigenvalue weighted by Gasteiger charge is 2.23. The van der Waals surface area contributed by atoms with Crippen LogP contribution in [0.3, 0.4) is 0 Å². The second-order valence-electron chi connectivity index (χ2n) is 3.84. The number of nitrogens with zero attached hydrogens (tertiary/aromatic N) is 1. The minimum absolute atomic E-state index is 0. The lowest BCUT2D eigenvalue weighted by Gasteiger charge is -2.34. The molecule has 2 rings (SSSR count). The normalized spacial score (nSPS) is 18.0. The Morgan fingerprint density at radius 1 is 1.41 bits per heavy atom. The van der Waals surface area contributed by atoms with Gasteiger partial charge in [0.1, 0.15) is 0 Å². The first kappa shape index (κ1) is 17.5. The molecule has 1 aliphatic rings. The first-order valence-electron chi connectivity index (χ1n) is 5.50. The number of hydrogen-bond donors (Lipinski definition) is 1. The van der Waals surface area contributed by atoms with Crippen LogP contribution >= 0.6 is 47.8 Å². The summed E-state index contributed by atoms with van der Waals surface area (Å²) in [4.78, 5) is 3.87. The number of thiophene rings is 1. The van der Waals surface area contributed by atoms with Gasteiger partial charge in [-0.25, -0.2) is 0 Å². The van der Waals surface area contributed by atoms with Gasteiger partial charge in [0, 0.05) is 37.1 Å². The summed E-state index contributed by atoms with van der Waals surface area (Å²) in [5.41, 5.74) is 0. The van der Waals surface area contributed by atoms with Gasteiger partial charge in [0.05, 0.1) is 5.02 Å². The van der Waals surface area contributed by atoms with E-state index in [1.54, 1.807) is 11.3 Å². The van der Waals surface area contributed by atoms with Crippen molar-refractivity contribution in [3.8, 4) is 0 Å². The van der Waals surface area contributed by atoms with E-state index in [0.717, 1.165) is 37.6 Å². The fraction of sp³-hybridized carbons (Fsp3) is 0.636. The topological polar surface area (TPSA) is 15.3 Å². The largest absolute Gasteiger partial charge is 0.314 e. The Kier molecular flexibility index (Phi) is 8.81. The van der Waals surface area contributed by atoms with Crippen molar-refractivity contribution in [1.29, 1.82) is 0 Å². The number of halogens is 3. The lowest BCUT2D eigenvalue weighted by molar-refractivity contribution is 0.172. The molecule has 0 unspecified atom stereocenters. The SMILES string of the molecule is CC[C@@H](c1sccc1Cl)N1CCNCC1.Cl.Cl. The van der Waals surface area contributed by atoms with Gasteiger partial charge in [-0.1, -0.05) is 18.5 Å². The van der Waals surface area contributed by atoms with Crippen LogP contribution in [-0.2, 0) is 0 Å². The van der Waals surface area contributed by atoms with E-state index in [1.807, 2.05) is 6.07 Å². The summed E-state index contributed by atoms with van der Waals surface area (Å²) in [5, 5.41) is 6.40. The molecular formula is C11H19Cl3N2S. The lowest BCUT2D eigenvalue weighted by atomic mass is 10.1. The molecule has 1 aliphatic heterocycles. The van der Waals surface area contributed by atoms with Crippen molar-refractivity contribution in [3.63, 3.8) is 0 Å². The summed E-state index contributed by atoms with van der Waals surface area (Å²) >= 11 is 7.98. The molecule has 1 saturated heterocycles. The maximum Gasteiger partial charge on any atom is 0.0561 e. The van der Waals surface area contributed by atoms with Crippen LogP contribution in [0.15, 0.2) is 11.4 Å². The van der Waals surface area contributed by atoms with Crippen LogP contribution in [0.5, 0.6) is 0 Å². The summed E-state index contributed by atoms with van der Waals surface area (Å²) in [6.45, 7) is 6.70. The van der Waals surface area contributed by atoms with Crippen LogP contribution in [0.1, 0.15) is 24.3 Å². The second kappa shape index (κ2) is 8.57. The van der Waals surface area contributed by atoms with Crippen molar-refractivity contribution < 1.29 is 0 Å². The van der Waals surface area contributed by atoms with Crippen LogP contribution in [0.4, 0.5) is 0 Å². The highest BCUT2D eigenvalue weighted by molar-refractivity contribution is 7.10. The van der Waals surface area contributed by atoms with Gasteiger partial charge in [-0.2, -0.15) is 0 Å². The molecule has 0 aromatic carbocycles. The van der Waals surface area contributed by atoms with Crippen LogP contribution in [0, 0.1) is 0 Å². The number of rotatable bonds is 3. The molecule has 1 fully saturated rings. The number of nitrogens with one attached hydrogen (secondary N) is 1. The molecule has 0 amide bonds. The third-order valence-electron chi connectivity index (χ3n) is 2.93. The van der Waals surface area contributed by atoms with Gasteiger partial charge in [-0.15, -0.1) is 36.2 Å². The molecule has 0 saturated carbocycles. The summed E-state index contributed by atoms with van der Waals surface area (Å²) in [7, 11) is 0. The molecule has 100 valence electrons. The molecule has 0 bridgehead atoms. The Hall–Kier alpha value is 0.490. The zero-order valence-electron chi connectivity index (χ0n) is 9.82. The summed E-state index contributed by atoms with van der Waals surface area (Å²) < 4.78 is 0. The van der Waals surface area contributed by atoms with Gasteiger partial charge in [0.25, 0.3) is 0 Å². The van der Waals surface area contributed by atoms with Crippen molar-refractivity contribution in [1.82, 2.24) is 10.2 Å². The maximum absolute atomic E-state index is 6.20. The van der Waals surface area contributed by atoms with Gasteiger partial charge < -0.3 is 5.32 Å². The van der Waals surface area contributed by atoms with Crippen LogP contribution in [0.2, 0.25) is 5.02 Å². The van der Waals surface area contributed by atoms with E-state index >= 15 is 0 Å². The Bertz CT molecular complexity index is 313. The minimum atomic E-state index is 0. The Morgan fingerprint density at radius 2 is 2.06 bits per heavy atom. The summed E-state index contributed by atoms with van der Waals surface area (Å²) in [6, 6.07) is 2.52. The van der Waals surface area contributed by atoms with E-state index < -0.39 is 0 Å². The third-order valence-corrected chi connectivity index (χ3v) is 4.39. The summed E-state index contributed by atoms with van der Waals surface area (Å²) in [6.07, 6.45) is 1.14. The fourth-order valence-electron chi connectivity index (χ4n) is 2.15. The Balaban J connectivity index is 0.00000128. The van der Waals surface area contributed by atoms with E-state index in [0.29, 0.717) is 6.04 Å². The van der Waals surface area contributed by atoms with Crippen LogP contribution in [-0.4, -0.2) is 31.1 Å². The molecular weight excluding hydrogens is 299 g/mol. The molecule has 1 aromatic heterocycles. The standard InChI is InChI=1S/C11H17ClN2S.2ClH/c1-2-10(11-9(12)3-8-15-11)14-6-4-13-5-7-14;;/h3,8,10,13H,2,4-7H2,1H3;2*1H/t10-;;/m0../s1. The van der Waals surface area contributed by atoms with E-state index in [4.69, 9.17) is 11.6 Å². The highest BCUT2D eigenvalue weighted by atomic mass is 35.5. The van der Waals surface area contributed by atoms with Crippen molar-refractivity contribution >= 4 is 47.8 Å². The van der Waals surface area contributed by atoms with Crippen molar-refractivity contribution in [2.24, 2.45) is 0 Å². The maximum atomic E-state index is 6.20. The average molecular weight is 318 g/mol. The zero-order valence-corrected chi connectivity index (χ0v) is 13.0. The zero-order chi connectivity index (χ0) is 10.7. The molecule has 6 heteroatoms. The molecule has 17 heavy (non-hydrogen) atoms. The molecule has 0 spiro atoms. The molecule has 1 N–H and O–H groups in total. The fourth-order valence-corrected chi connectivity index (χ4v) is 3.55. The van der Waals surface area contributed by atoms with Crippen molar-refractivity contribution in [2.45, 2.75) is 19.4 Å². The van der Waals surface area contributed by atoms with E-state index in [9.17, 15) is 0 Å². The van der Waals surface area contributed by atoms with E-state index in [2.05, 4.69) is 22.5 Å². The molecule has 2 heterocycles. The van der Waals surface area contributed by atoms with Crippen LogP contribution < -0.4 is 5.32 Å². The monoisotopic (exact) mass is 316 g/mol. The first-order valence-corrected chi connectivity index (χ1v) is 6.76. The van der Waals surface area contributed by atoms with Gasteiger partial charge in [-0.05, 0) is 17.9 Å². The highest BCUT2D eigenvalue weighted by Crippen LogP contribution is 2.34. The first-order chi connectivity index (χ1) is 7.33. The van der Waals surface area contributed by atoms with Gasteiger partial charge in [0.15, 0.2) is 0 Å². The van der Waals surface area contributed by atoms with Gasteiger partial charge in [-0.3, -0.25) is 4.90 Å². The van der Waals surface area contributed by atoms with Crippen molar-refractivity contribution in [2.75, 3.05) is 26.2 Å². The molecule has 0 aliphatic carbocycles. The Labute approximate surface area is 125 Å². The molecule has 1 atom stereocenters. The molecule has 2 nitrogen and oxygen atoms in total. The van der Waals surface area contributed by atoms with Crippen molar-refractivity contribution in [3.05, 3.63) is 21.3 Å². The summed E-state index contributed by atoms with van der Waals surface area (Å²) in [5.74, 6) is 0. The smallest absolute Gasteiger partial charge is 0.0561 e. The second-order valence-corrected chi connectivity index (χ2v) is 5.20. The minimum Gasteiger partial charge on any atom is -0.314 e. The number of piperazine rings is 1. The Morgan fingerprint density at radius 3 is 2.53 bits per heavy atom. The lowest BCUT2D eigenvalue weighted by Crippen LogP contribution is -2.44. The molecule has 0 radical (unpaired) electrons.